The van der Waals surface area contributed by atoms with Gasteiger partial charge in [-0.2, -0.15) is 13.2 Å². The lowest BCUT2D eigenvalue weighted by atomic mass is 9.79. The third kappa shape index (κ3) is 4.01. The molecule has 0 bridgehead atoms. The number of allylic oxidation sites excluding steroid dienone is 2. The van der Waals surface area contributed by atoms with Gasteiger partial charge in [-0.05, 0) is 49.0 Å². The number of nitrogens with two attached hydrogens (primary N) is 1. The zero-order chi connectivity index (χ0) is 25.7. The van der Waals surface area contributed by atoms with Crippen LogP contribution in [0.4, 0.5) is 22.0 Å². The fraction of sp³-hybridized carbons (Fsp3) is 0.304. The fourth-order valence-electron chi connectivity index (χ4n) is 4.06. The topological polar surface area (TPSA) is 66.6 Å². The first kappa shape index (κ1) is 25.9. The summed E-state index contributed by atoms with van der Waals surface area (Å²) in [5.74, 6) is -3.71. The van der Waals surface area contributed by atoms with Crippen LogP contribution in [-0.4, -0.2) is 64.0 Å². The van der Waals surface area contributed by atoms with Crippen molar-refractivity contribution in [2.45, 2.75) is 22.5 Å². The van der Waals surface area contributed by atoms with Gasteiger partial charge in [0.1, 0.15) is 0 Å². The Balaban J connectivity index is 2.49. The molecule has 0 heterocycles. The first-order valence-electron chi connectivity index (χ1n) is 10.0. The zero-order valence-corrected chi connectivity index (χ0v) is 19.7. The van der Waals surface area contributed by atoms with Crippen molar-refractivity contribution in [1.29, 1.82) is 0 Å². The predicted octanol–water partition coefficient (Wildman–Crippen LogP) is 4.34. The second kappa shape index (κ2) is 8.47. The molecule has 34 heavy (non-hydrogen) atoms. The summed E-state index contributed by atoms with van der Waals surface area (Å²) >= 11 is 0. The molecule has 5 nitrogen and oxygen atoms in total. The Bertz CT molecular complexity index is 1260. The summed E-state index contributed by atoms with van der Waals surface area (Å²) < 4.78 is 99.3. The van der Waals surface area contributed by atoms with Crippen LogP contribution in [-0.2, 0) is 10.0 Å². The third-order valence-electron chi connectivity index (χ3n) is 5.70. The average molecular weight is 502 g/mol. The van der Waals surface area contributed by atoms with Crippen molar-refractivity contribution in [2.75, 3.05) is 28.2 Å². The molecule has 0 saturated carbocycles. The van der Waals surface area contributed by atoms with Gasteiger partial charge in [-0.3, -0.25) is 4.90 Å². The molecule has 2 N–H and O–H groups in total. The van der Waals surface area contributed by atoms with Gasteiger partial charge in [0.2, 0.25) is 15.8 Å². The van der Waals surface area contributed by atoms with Crippen molar-refractivity contribution in [3.63, 3.8) is 0 Å². The molecular weight excluding hydrogens is 477 g/mol. The van der Waals surface area contributed by atoms with E-state index in [-0.39, 0.29) is 16.7 Å². The van der Waals surface area contributed by atoms with Gasteiger partial charge in [-0.1, -0.05) is 42.5 Å². The van der Waals surface area contributed by atoms with E-state index in [0.29, 0.717) is 16.5 Å². The minimum Gasteiger partial charge on any atom is -0.378 e. The number of sulfonamides is 1. The highest BCUT2D eigenvalue weighted by Crippen LogP contribution is 2.55. The molecule has 11 heteroatoms. The molecule has 1 aliphatic carbocycles. The number of rotatable bonds is 5. The molecule has 0 amide bonds. The van der Waals surface area contributed by atoms with Gasteiger partial charge in [0.15, 0.2) is 0 Å². The molecule has 2 aromatic carbocycles. The van der Waals surface area contributed by atoms with Crippen LogP contribution in [0.1, 0.15) is 5.56 Å². The van der Waals surface area contributed by atoms with Crippen molar-refractivity contribution in [1.82, 2.24) is 9.80 Å². The van der Waals surface area contributed by atoms with E-state index in [0.717, 1.165) is 45.2 Å². The van der Waals surface area contributed by atoms with Crippen molar-refractivity contribution in [3.05, 3.63) is 71.9 Å². The number of alkyl halides is 5. The van der Waals surface area contributed by atoms with Gasteiger partial charge in [-0.15, -0.1) is 0 Å². The number of nitrogens with zero attached hydrogens (tertiary/aromatic N) is 2. The van der Waals surface area contributed by atoms with Crippen LogP contribution in [0.15, 0.2) is 71.3 Å². The zero-order valence-electron chi connectivity index (χ0n) is 18.9. The Labute approximate surface area is 195 Å². The Morgan fingerprint density at radius 2 is 1.50 bits per heavy atom. The summed E-state index contributed by atoms with van der Waals surface area (Å²) in [7, 11) is -0.169. The molecule has 0 fully saturated rings. The molecule has 0 aromatic heterocycles. The molecular formula is C23H24F5N3O2S. The second-order valence-corrected chi connectivity index (χ2v) is 9.87. The molecule has 0 spiro atoms. The molecule has 2 aromatic rings. The highest BCUT2D eigenvalue weighted by molar-refractivity contribution is 7.89. The molecule has 184 valence electrons. The van der Waals surface area contributed by atoms with Crippen molar-refractivity contribution >= 4 is 15.6 Å². The maximum absolute atomic E-state index is 16.3. The standard InChI is InChI=1S/C23H24F5N3O2S/c1-30(2)19-13-16(14-21(24,31(3)4)22(19,25)23(26,27)28)20-17(15-9-6-5-7-10-15)11-8-12-18(20)34(29,32)33/h5-14H,1-4H3,(H2,29,32,33). The van der Waals surface area contributed by atoms with E-state index >= 15 is 8.78 Å². The molecule has 1 aliphatic rings. The van der Waals surface area contributed by atoms with E-state index in [4.69, 9.17) is 5.14 Å². The Morgan fingerprint density at radius 1 is 0.912 bits per heavy atom. The van der Waals surface area contributed by atoms with Gasteiger partial charge in [0, 0.05) is 19.7 Å². The number of halogens is 5. The van der Waals surface area contributed by atoms with E-state index in [9.17, 15) is 21.6 Å². The van der Waals surface area contributed by atoms with Crippen LogP contribution in [0.25, 0.3) is 16.7 Å². The Hall–Kier alpha value is -2.76. The van der Waals surface area contributed by atoms with Crippen LogP contribution < -0.4 is 5.14 Å². The second-order valence-electron chi connectivity index (χ2n) is 8.34. The summed E-state index contributed by atoms with van der Waals surface area (Å²) in [6, 6.07) is 12.5. The third-order valence-corrected chi connectivity index (χ3v) is 6.66. The molecule has 3 rings (SSSR count). The smallest absolute Gasteiger partial charge is 0.378 e. The summed E-state index contributed by atoms with van der Waals surface area (Å²) in [4.78, 5) is 0.854. The summed E-state index contributed by atoms with van der Waals surface area (Å²) in [6.45, 7) is 0. The van der Waals surface area contributed by atoms with Crippen LogP contribution >= 0.6 is 0 Å². The van der Waals surface area contributed by atoms with Gasteiger partial charge in [0.25, 0.3) is 5.67 Å². The van der Waals surface area contributed by atoms with E-state index in [1.807, 2.05) is 0 Å². The van der Waals surface area contributed by atoms with E-state index in [2.05, 4.69) is 0 Å². The van der Waals surface area contributed by atoms with Crippen LogP contribution in [0.3, 0.4) is 0 Å². The maximum atomic E-state index is 16.3. The summed E-state index contributed by atoms with van der Waals surface area (Å²) in [5.41, 5.74) is -5.10. The molecule has 0 aliphatic heterocycles. The lowest BCUT2D eigenvalue weighted by Crippen LogP contribution is -2.66. The lowest BCUT2D eigenvalue weighted by Gasteiger charge is -2.47. The average Bonchev–Trinajstić information content (AvgIpc) is 2.73. The fourth-order valence-corrected chi connectivity index (χ4v) is 4.84. The molecule has 0 radical (unpaired) electrons. The van der Waals surface area contributed by atoms with Gasteiger partial charge < -0.3 is 4.90 Å². The first-order chi connectivity index (χ1) is 15.6. The first-order valence-corrected chi connectivity index (χ1v) is 11.6. The number of hydrogen-bond donors (Lipinski definition) is 1. The normalized spacial score (nSPS) is 23.5. The SMILES string of the molecule is CN(C)C1=CC(c2c(-c3ccccc3)cccc2S(N)(=O)=O)=CC(F)(N(C)C)C1(F)C(F)(F)F. The Morgan fingerprint density at radius 3 is 1.97 bits per heavy atom. The highest BCUT2D eigenvalue weighted by Gasteiger charge is 2.73. The van der Waals surface area contributed by atoms with Crippen molar-refractivity contribution < 1.29 is 30.4 Å². The number of hydrogen-bond acceptors (Lipinski definition) is 4. The predicted molar refractivity (Wildman–Crippen MR) is 120 cm³/mol. The van der Waals surface area contributed by atoms with Crippen molar-refractivity contribution in [2.24, 2.45) is 5.14 Å². The van der Waals surface area contributed by atoms with E-state index < -0.39 is 38.3 Å². The highest BCUT2D eigenvalue weighted by atomic mass is 32.2. The van der Waals surface area contributed by atoms with E-state index in [1.165, 1.54) is 12.1 Å². The molecule has 2 atom stereocenters. The van der Waals surface area contributed by atoms with Gasteiger partial charge >= 0.3 is 6.18 Å². The molecule has 0 saturated heterocycles. The van der Waals surface area contributed by atoms with Gasteiger partial charge in [0.05, 0.1) is 10.6 Å². The number of primary sulfonamides is 1. The minimum absolute atomic E-state index is 0.136. The Kier molecular flexibility index (Phi) is 6.44. The summed E-state index contributed by atoms with van der Waals surface area (Å²) in [6.07, 6.45) is -4.36. The maximum Gasteiger partial charge on any atom is 0.433 e. The number of likely N-dealkylation sites (N-methyl/N-ethyl adjacent to an activating group) is 1. The van der Waals surface area contributed by atoms with Crippen LogP contribution in [0.5, 0.6) is 0 Å². The lowest BCUT2D eigenvalue weighted by molar-refractivity contribution is -0.275. The summed E-state index contributed by atoms with van der Waals surface area (Å²) in [5, 5.41) is 5.41. The van der Waals surface area contributed by atoms with Gasteiger partial charge in [-0.25, -0.2) is 22.3 Å². The van der Waals surface area contributed by atoms with Crippen LogP contribution in [0.2, 0.25) is 0 Å². The number of benzene rings is 2. The molecule has 2 unspecified atom stereocenters. The minimum atomic E-state index is -5.63. The van der Waals surface area contributed by atoms with E-state index in [1.54, 1.807) is 30.3 Å². The van der Waals surface area contributed by atoms with Crippen LogP contribution in [0, 0.1) is 0 Å². The van der Waals surface area contributed by atoms with Crippen molar-refractivity contribution in [3.8, 4) is 11.1 Å². The quantitative estimate of drug-likeness (QED) is 0.489. The largest absolute Gasteiger partial charge is 0.433 e. The monoisotopic (exact) mass is 501 g/mol.